The van der Waals surface area contributed by atoms with Crippen molar-refractivity contribution in [3.8, 4) is 0 Å². The summed E-state index contributed by atoms with van der Waals surface area (Å²) in [4.78, 5) is 24.5. The number of carbonyl (C=O) groups is 2. The van der Waals surface area contributed by atoms with Crippen LogP contribution >= 0.6 is 0 Å². The van der Waals surface area contributed by atoms with Gasteiger partial charge in [0, 0.05) is 12.8 Å². The first kappa shape index (κ1) is 70.6. The molecule has 0 aliphatic rings. The second-order valence-corrected chi connectivity index (χ2v) is 21.7. The maximum atomic E-state index is 12.5. The van der Waals surface area contributed by atoms with Crippen LogP contribution in [0.5, 0.6) is 0 Å². The first-order valence-electron chi connectivity index (χ1n) is 32.1. The van der Waals surface area contributed by atoms with Crippen LogP contribution in [0.2, 0.25) is 0 Å². The zero-order chi connectivity index (χ0) is 52.9. The standard InChI is InChI=1S/C67H123NO5/c1-3-5-7-9-11-13-15-17-19-20-21-22-23-24-25-26-27-29-32-35-39-43-47-51-55-59-65(70)64(63-69)68-66(71)60-56-52-48-44-40-36-33-30-28-31-34-38-42-46-50-54-58-62-73-67(72)61-57-53-49-45-41-37-18-16-14-12-10-8-6-4-2/h10,12,16,18,28,31,38,42,55,59,64-65,69-70H,3-9,11,13-15,17,19-27,29-30,32-37,39-41,43-54,56-58,60-63H2,1-2H3,(H,68,71)/b12-10-,18-16-,31-28-,42-38-,59-55+. The van der Waals surface area contributed by atoms with Gasteiger partial charge in [0.1, 0.15) is 0 Å². The van der Waals surface area contributed by atoms with Gasteiger partial charge in [0.15, 0.2) is 0 Å². The highest BCUT2D eigenvalue weighted by atomic mass is 16.5. The Kier molecular flexibility index (Phi) is 60.0. The molecule has 0 saturated carbocycles. The number of amides is 1. The average Bonchev–Trinajstić information content (AvgIpc) is 3.39. The summed E-state index contributed by atoms with van der Waals surface area (Å²) in [5, 5.41) is 23.2. The first-order valence-corrected chi connectivity index (χ1v) is 32.1. The highest BCUT2D eigenvalue weighted by Crippen LogP contribution is 2.17. The van der Waals surface area contributed by atoms with Crippen molar-refractivity contribution in [1.29, 1.82) is 0 Å². The molecule has 6 heteroatoms. The van der Waals surface area contributed by atoms with Crippen LogP contribution < -0.4 is 5.32 Å². The van der Waals surface area contributed by atoms with Gasteiger partial charge in [-0.05, 0) is 96.3 Å². The van der Waals surface area contributed by atoms with Gasteiger partial charge >= 0.3 is 5.97 Å². The maximum absolute atomic E-state index is 12.5. The lowest BCUT2D eigenvalue weighted by atomic mass is 10.0. The fourth-order valence-electron chi connectivity index (χ4n) is 9.56. The van der Waals surface area contributed by atoms with Crippen molar-refractivity contribution >= 4 is 11.9 Å². The zero-order valence-corrected chi connectivity index (χ0v) is 48.6. The number of esters is 1. The number of hydrogen-bond donors (Lipinski definition) is 3. The number of nitrogens with one attached hydrogen (secondary N) is 1. The SMILES string of the molecule is CCCC/C=C\C/C=C\CCCCCCCC(=O)OCCCCC/C=C\C/C=C\CCCCCCCCCC(=O)NC(CO)C(O)/C=C/CCCCCCCCCCCCCCCCCCCCCCCCC. The van der Waals surface area contributed by atoms with Crippen molar-refractivity contribution < 1.29 is 24.5 Å². The van der Waals surface area contributed by atoms with Gasteiger partial charge in [0.25, 0.3) is 0 Å². The largest absolute Gasteiger partial charge is 0.466 e. The topological polar surface area (TPSA) is 95.9 Å². The Morgan fingerprint density at radius 1 is 0.384 bits per heavy atom. The van der Waals surface area contributed by atoms with Crippen molar-refractivity contribution in [2.45, 2.75) is 341 Å². The molecule has 6 nitrogen and oxygen atoms in total. The number of ether oxygens (including phenoxy) is 1. The van der Waals surface area contributed by atoms with Gasteiger partial charge in [0.2, 0.25) is 5.91 Å². The minimum atomic E-state index is -0.858. The summed E-state index contributed by atoms with van der Waals surface area (Å²) in [7, 11) is 0. The predicted molar refractivity (Wildman–Crippen MR) is 319 cm³/mol. The van der Waals surface area contributed by atoms with Gasteiger partial charge in [-0.3, -0.25) is 9.59 Å². The van der Waals surface area contributed by atoms with Gasteiger partial charge in [-0.25, -0.2) is 0 Å². The number of allylic oxidation sites excluding steroid dienone is 9. The molecule has 0 radical (unpaired) electrons. The van der Waals surface area contributed by atoms with E-state index in [1.165, 1.54) is 205 Å². The molecule has 0 bridgehead atoms. The van der Waals surface area contributed by atoms with Gasteiger partial charge in [0.05, 0.1) is 25.4 Å². The third kappa shape index (κ3) is 58.7. The molecule has 0 aromatic carbocycles. The fraction of sp³-hybridized carbons (Fsp3) is 0.821. The van der Waals surface area contributed by atoms with Crippen LogP contribution in [0.25, 0.3) is 0 Å². The third-order valence-electron chi connectivity index (χ3n) is 14.5. The Balaban J connectivity index is 3.53. The van der Waals surface area contributed by atoms with E-state index in [0.717, 1.165) is 96.3 Å². The van der Waals surface area contributed by atoms with Crippen LogP contribution in [0.15, 0.2) is 60.8 Å². The molecule has 1 amide bonds. The van der Waals surface area contributed by atoms with E-state index in [9.17, 15) is 19.8 Å². The van der Waals surface area contributed by atoms with E-state index in [-0.39, 0.29) is 18.5 Å². The smallest absolute Gasteiger partial charge is 0.305 e. The molecular weight excluding hydrogens is 899 g/mol. The lowest BCUT2D eigenvalue weighted by Gasteiger charge is -2.20. The van der Waals surface area contributed by atoms with Crippen LogP contribution in [0.3, 0.4) is 0 Å². The fourth-order valence-corrected chi connectivity index (χ4v) is 9.56. The number of carbonyl (C=O) groups excluding carboxylic acids is 2. The van der Waals surface area contributed by atoms with Crippen LogP contribution in [-0.2, 0) is 14.3 Å². The lowest BCUT2D eigenvalue weighted by Crippen LogP contribution is -2.45. The number of rotatable bonds is 59. The van der Waals surface area contributed by atoms with Crippen molar-refractivity contribution in [3.63, 3.8) is 0 Å². The summed E-state index contributed by atoms with van der Waals surface area (Å²) in [6, 6.07) is -0.643. The maximum Gasteiger partial charge on any atom is 0.305 e. The molecule has 3 N–H and O–H groups in total. The van der Waals surface area contributed by atoms with Gasteiger partial charge in [-0.2, -0.15) is 0 Å². The molecule has 426 valence electrons. The Labute approximate surface area is 454 Å². The Bertz CT molecular complexity index is 1270. The molecule has 0 fully saturated rings. The summed E-state index contributed by atoms with van der Waals surface area (Å²) in [6.45, 7) is 4.82. The molecule has 0 aliphatic carbocycles. The third-order valence-corrected chi connectivity index (χ3v) is 14.5. The normalized spacial score (nSPS) is 13.0. The second-order valence-electron chi connectivity index (χ2n) is 21.7. The van der Waals surface area contributed by atoms with E-state index in [1.807, 2.05) is 6.08 Å². The van der Waals surface area contributed by atoms with Crippen molar-refractivity contribution in [3.05, 3.63) is 60.8 Å². The highest BCUT2D eigenvalue weighted by Gasteiger charge is 2.18. The van der Waals surface area contributed by atoms with Crippen molar-refractivity contribution in [2.24, 2.45) is 0 Å². The highest BCUT2D eigenvalue weighted by molar-refractivity contribution is 5.76. The predicted octanol–water partition coefficient (Wildman–Crippen LogP) is 20.3. The Morgan fingerprint density at radius 3 is 1.08 bits per heavy atom. The molecule has 0 spiro atoms. The molecule has 0 aromatic rings. The molecule has 0 saturated heterocycles. The van der Waals surface area contributed by atoms with Crippen LogP contribution in [0.4, 0.5) is 0 Å². The summed E-state index contributed by atoms with van der Waals surface area (Å²) in [5.41, 5.74) is 0. The van der Waals surface area contributed by atoms with Gasteiger partial charge in [-0.1, -0.05) is 280 Å². The quantitative estimate of drug-likeness (QED) is 0.0320. The number of aliphatic hydroxyl groups excluding tert-OH is 2. The van der Waals surface area contributed by atoms with Crippen molar-refractivity contribution in [1.82, 2.24) is 5.32 Å². The monoisotopic (exact) mass is 1020 g/mol. The summed E-state index contributed by atoms with van der Waals surface area (Å²) in [6.07, 6.45) is 81.2. The lowest BCUT2D eigenvalue weighted by molar-refractivity contribution is -0.143. The minimum absolute atomic E-state index is 0.0312. The van der Waals surface area contributed by atoms with E-state index in [4.69, 9.17) is 4.74 Å². The zero-order valence-electron chi connectivity index (χ0n) is 48.6. The van der Waals surface area contributed by atoms with Crippen LogP contribution in [0, 0.1) is 0 Å². The summed E-state index contributed by atoms with van der Waals surface area (Å²) >= 11 is 0. The first-order chi connectivity index (χ1) is 36.0. The number of aliphatic hydroxyl groups is 2. The Hall–Kier alpha value is -2.44. The van der Waals surface area contributed by atoms with Crippen LogP contribution in [0.1, 0.15) is 328 Å². The number of hydrogen-bond acceptors (Lipinski definition) is 5. The number of unbranched alkanes of at least 4 members (excludes halogenated alkanes) is 40. The average molecular weight is 1020 g/mol. The van der Waals surface area contributed by atoms with Gasteiger partial charge < -0.3 is 20.3 Å². The van der Waals surface area contributed by atoms with Gasteiger partial charge in [-0.15, -0.1) is 0 Å². The van der Waals surface area contributed by atoms with E-state index < -0.39 is 12.1 Å². The summed E-state index contributed by atoms with van der Waals surface area (Å²) < 4.78 is 5.44. The molecule has 2 unspecified atom stereocenters. The minimum Gasteiger partial charge on any atom is -0.466 e. The van der Waals surface area contributed by atoms with E-state index in [1.54, 1.807) is 6.08 Å². The molecule has 0 heterocycles. The van der Waals surface area contributed by atoms with Crippen molar-refractivity contribution in [2.75, 3.05) is 13.2 Å². The van der Waals surface area contributed by atoms with E-state index in [2.05, 4.69) is 67.8 Å². The summed E-state index contributed by atoms with van der Waals surface area (Å²) in [5.74, 6) is -0.114. The molecule has 0 rings (SSSR count). The molecule has 0 aromatic heterocycles. The Morgan fingerprint density at radius 2 is 0.699 bits per heavy atom. The molecular formula is C67H123NO5. The van der Waals surface area contributed by atoms with E-state index in [0.29, 0.717) is 19.4 Å². The molecule has 0 aliphatic heterocycles. The van der Waals surface area contributed by atoms with E-state index >= 15 is 0 Å². The van der Waals surface area contributed by atoms with Crippen LogP contribution in [-0.4, -0.2) is 47.4 Å². The second kappa shape index (κ2) is 62.1. The molecule has 2 atom stereocenters. The molecule has 73 heavy (non-hydrogen) atoms.